The summed E-state index contributed by atoms with van der Waals surface area (Å²) in [6.45, 7) is 8.13. The maximum Gasteiger partial charge on any atom is 0.0110 e. The van der Waals surface area contributed by atoms with E-state index in [-0.39, 0.29) is 0 Å². The Kier molecular flexibility index (Phi) is 4.16. The molecule has 1 aromatic carbocycles. The van der Waals surface area contributed by atoms with Gasteiger partial charge in [-0.25, -0.2) is 0 Å². The van der Waals surface area contributed by atoms with E-state index in [9.17, 15) is 0 Å². The molecule has 2 aliphatic rings. The highest BCUT2D eigenvalue weighted by Gasteiger charge is 2.28. The van der Waals surface area contributed by atoms with E-state index in [1.165, 1.54) is 45.7 Å². The van der Waals surface area contributed by atoms with Gasteiger partial charge in [0, 0.05) is 38.6 Å². The predicted molar refractivity (Wildman–Crippen MR) is 79.4 cm³/mol. The summed E-state index contributed by atoms with van der Waals surface area (Å²) in [6.07, 6.45) is 2.42. The van der Waals surface area contributed by atoms with Gasteiger partial charge in [0.1, 0.15) is 0 Å². The fraction of sp³-hybridized carbons (Fsp3) is 0.625. The summed E-state index contributed by atoms with van der Waals surface area (Å²) in [6, 6.07) is 8.92. The predicted octanol–water partition coefficient (Wildman–Crippen LogP) is 1.29. The van der Waals surface area contributed by atoms with Crippen molar-refractivity contribution in [2.24, 2.45) is 5.73 Å². The number of piperazine rings is 1. The summed E-state index contributed by atoms with van der Waals surface area (Å²) in [5.41, 5.74) is 8.73. The van der Waals surface area contributed by atoms with Crippen molar-refractivity contribution in [2.75, 3.05) is 45.8 Å². The molecule has 2 N–H and O–H groups in total. The minimum atomic E-state index is 0.784. The summed E-state index contributed by atoms with van der Waals surface area (Å²) in [7, 11) is 0. The molecule has 1 unspecified atom stereocenters. The minimum absolute atomic E-state index is 0.784. The van der Waals surface area contributed by atoms with Gasteiger partial charge in [-0.3, -0.25) is 0 Å². The van der Waals surface area contributed by atoms with Crippen molar-refractivity contribution in [2.45, 2.75) is 18.8 Å². The first kappa shape index (κ1) is 13.1. The number of fused-ring (bicyclic) bond motifs is 1. The smallest absolute Gasteiger partial charge is 0.0110 e. The molecule has 1 heterocycles. The number of nitrogens with zero attached hydrogens (tertiary/aromatic N) is 2. The number of benzene rings is 1. The van der Waals surface area contributed by atoms with Crippen molar-refractivity contribution in [1.82, 2.24) is 9.80 Å². The van der Waals surface area contributed by atoms with Crippen LogP contribution >= 0.6 is 0 Å². The Morgan fingerprint density at radius 2 is 1.79 bits per heavy atom. The van der Waals surface area contributed by atoms with Crippen LogP contribution in [-0.4, -0.2) is 55.6 Å². The lowest BCUT2D eigenvalue weighted by Crippen LogP contribution is -2.48. The molecule has 3 nitrogen and oxygen atoms in total. The van der Waals surface area contributed by atoms with Crippen LogP contribution in [0.4, 0.5) is 0 Å². The molecule has 1 aromatic rings. The van der Waals surface area contributed by atoms with E-state index in [1.54, 1.807) is 11.1 Å². The van der Waals surface area contributed by atoms with Crippen LogP contribution in [0, 0.1) is 0 Å². The molecular weight excluding hydrogens is 234 g/mol. The van der Waals surface area contributed by atoms with Crippen molar-refractivity contribution < 1.29 is 0 Å². The maximum absolute atomic E-state index is 5.57. The third kappa shape index (κ3) is 2.99. The lowest BCUT2D eigenvalue weighted by molar-refractivity contribution is 0.124. The summed E-state index contributed by atoms with van der Waals surface area (Å²) >= 11 is 0. The van der Waals surface area contributed by atoms with Gasteiger partial charge in [-0.05, 0) is 37.1 Å². The van der Waals surface area contributed by atoms with E-state index < -0.39 is 0 Å². The Bertz CT molecular complexity index is 410. The number of hydrogen-bond donors (Lipinski definition) is 1. The highest BCUT2D eigenvalue weighted by atomic mass is 15.3. The monoisotopic (exact) mass is 259 g/mol. The quantitative estimate of drug-likeness (QED) is 0.865. The van der Waals surface area contributed by atoms with E-state index in [1.807, 2.05) is 0 Å². The first-order chi connectivity index (χ1) is 9.36. The molecule has 1 fully saturated rings. The van der Waals surface area contributed by atoms with Crippen molar-refractivity contribution in [1.29, 1.82) is 0 Å². The molecule has 19 heavy (non-hydrogen) atoms. The molecular formula is C16H25N3. The first-order valence-electron chi connectivity index (χ1n) is 7.59. The van der Waals surface area contributed by atoms with E-state index >= 15 is 0 Å². The van der Waals surface area contributed by atoms with Gasteiger partial charge in [-0.15, -0.1) is 0 Å². The average molecular weight is 259 g/mol. The molecule has 1 aliphatic heterocycles. The first-order valence-corrected chi connectivity index (χ1v) is 7.59. The van der Waals surface area contributed by atoms with Gasteiger partial charge in [0.05, 0.1) is 0 Å². The van der Waals surface area contributed by atoms with Gasteiger partial charge < -0.3 is 15.5 Å². The summed E-state index contributed by atoms with van der Waals surface area (Å²) in [4.78, 5) is 5.19. The molecule has 1 aliphatic carbocycles. The van der Waals surface area contributed by atoms with Gasteiger partial charge in [0.2, 0.25) is 0 Å². The van der Waals surface area contributed by atoms with Crippen molar-refractivity contribution >= 4 is 0 Å². The Morgan fingerprint density at radius 1 is 1.05 bits per heavy atom. The van der Waals surface area contributed by atoms with E-state index in [0.29, 0.717) is 0 Å². The van der Waals surface area contributed by atoms with Crippen molar-refractivity contribution in [3.05, 3.63) is 35.4 Å². The standard InChI is InChI=1S/C16H25N3/c17-6-3-7-18-8-10-19(11-9-18)13-15-12-14-4-1-2-5-16(14)15/h1-2,4-5,15H,3,6-13,17H2. The molecule has 0 saturated carbocycles. The fourth-order valence-corrected chi connectivity index (χ4v) is 3.35. The van der Waals surface area contributed by atoms with Crippen molar-refractivity contribution in [3.8, 4) is 0 Å². The highest BCUT2D eigenvalue weighted by molar-refractivity contribution is 5.40. The molecule has 104 valence electrons. The number of rotatable bonds is 5. The largest absolute Gasteiger partial charge is 0.330 e. The molecule has 0 bridgehead atoms. The van der Waals surface area contributed by atoms with Gasteiger partial charge in [0.15, 0.2) is 0 Å². The minimum Gasteiger partial charge on any atom is -0.330 e. The van der Waals surface area contributed by atoms with Crippen LogP contribution in [0.5, 0.6) is 0 Å². The Labute approximate surface area is 116 Å². The van der Waals surface area contributed by atoms with Crippen LogP contribution in [0.2, 0.25) is 0 Å². The lowest BCUT2D eigenvalue weighted by Gasteiger charge is -2.39. The maximum atomic E-state index is 5.57. The zero-order valence-corrected chi connectivity index (χ0v) is 11.7. The molecule has 3 heteroatoms. The molecule has 3 rings (SSSR count). The van der Waals surface area contributed by atoms with Crippen LogP contribution in [0.25, 0.3) is 0 Å². The zero-order chi connectivity index (χ0) is 13.1. The molecule has 0 amide bonds. The van der Waals surface area contributed by atoms with Crippen LogP contribution in [0.1, 0.15) is 23.5 Å². The third-order valence-electron chi connectivity index (χ3n) is 4.58. The molecule has 0 aromatic heterocycles. The zero-order valence-electron chi connectivity index (χ0n) is 11.7. The molecule has 0 spiro atoms. The summed E-state index contributed by atoms with van der Waals surface area (Å²) in [5, 5.41) is 0. The van der Waals surface area contributed by atoms with Gasteiger partial charge in [0.25, 0.3) is 0 Å². The molecule has 1 saturated heterocycles. The van der Waals surface area contributed by atoms with E-state index in [0.717, 1.165) is 18.9 Å². The number of nitrogens with two attached hydrogens (primary N) is 1. The summed E-state index contributed by atoms with van der Waals surface area (Å²) < 4.78 is 0. The van der Waals surface area contributed by atoms with E-state index in [2.05, 4.69) is 34.1 Å². The van der Waals surface area contributed by atoms with Crippen LogP contribution in [-0.2, 0) is 6.42 Å². The third-order valence-corrected chi connectivity index (χ3v) is 4.58. The fourth-order valence-electron chi connectivity index (χ4n) is 3.35. The van der Waals surface area contributed by atoms with Gasteiger partial charge in [-0.2, -0.15) is 0 Å². The summed E-state index contributed by atoms with van der Waals surface area (Å²) in [5.74, 6) is 0.784. The molecule has 0 radical (unpaired) electrons. The normalized spacial score (nSPS) is 23.9. The second-order valence-electron chi connectivity index (χ2n) is 5.88. The van der Waals surface area contributed by atoms with Crippen molar-refractivity contribution in [3.63, 3.8) is 0 Å². The second kappa shape index (κ2) is 6.04. The van der Waals surface area contributed by atoms with E-state index in [4.69, 9.17) is 5.73 Å². The van der Waals surface area contributed by atoms with Crippen LogP contribution < -0.4 is 5.73 Å². The van der Waals surface area contributed by atoms with Gasteiger partial charge >= 0.3 is 0 Å². The Hall–Kier alpha value is -0.900. The van der Waals surface area contributed by atoms with Gasteiger partial charge in [-0.1, -0.05) is 24.3 Å². The Balaban J connectivity index is 1.44. The van der Waals surface area contributed by atoms with Crippen LogP contribution in [0.15, 0.2) is 24.3 Å². The number of hydrogen-bond acceptors (Lipinski definition) is 3. The molecule has 1 atom stereocenters. The topological polar surface area (TPSA) is 32.5 Å². The Morgan fingerprint density at radius 3 is 2.53 bits per heavy atom. The SMILES string of the molecule is NCCCN1CCN(CC2Cc3ccccc32)CC1. The second-order valence-corrected chi connectivity index (χ2v) is 5.88. The van der Waals surface area contributed by atoms with Crippen LogP contribution in [0.3, 0.4) is 0 Å². The lowest BCUT2D eigenvalue weighted by atomic mass is 9.77. The average Bonchev–Trinajstić information content (AvgIpc) is 2.44. The highest BCUT2D eigenvalue weighted by Crippen LogP contribution is 2.35.